The Kier molecular flexibility index (Phi) is 7.50. The van der Waals surface area contributed by atoms with E-state index in [4.69, 9.17) is 4.98 Å². The lowest BCUT2D eigenvalue weighted by atomic mass is 9.75. The van der Waals surface area contributed by atoms with E-state index in [1.165, 1.54) is 12.1 Å². The molecule has 2 aromatic rings. The molecule has 0 saturated carbocycles. The largest absolute Gasteiger partial charge is 0.419 e. The molecule has 5 rings (SSSR count). The standard InChI is InChI=1S/C29H36F4N6O2/c1-16-13-20(9-11-38(16)19(4)40)39-14-22-25(28(27(39)41)10-12-37(5)15-28)35-18(3)36-26(22)34-17(2)21-7-6-8-23(24(21)30)29(31,32)33/h6-8,16-17,20H,9-15H2,1-5H3,(H,34,35,36)/t16-,17-,20?,28?/m1/s1. The fourth-order valence-electron chi connectivity index (χ4n) is 6.83. The number of hydrogen-bond acceptors (Lipinski definition) is 6. The van der Waals surface area contributed by atoms with E-state index < -0.39 is 29.0 Å². The van der Waals surface area contributed by atoms with Crippen molar-refractivity contribution in [1.29, 1.82) is 0 Å². The number of rotatable bonds is 4. The second-order valence-corrected chi connectivity index (χ2v) is 11.8. The van der Waals surface area contributed by atoms with Crippen molar-refractivity contribution in [1.82, 2.24) is 24.7 Å². The van der Waals surface area contributed by atoms with E-state index in [-0.39, 0.29) is 36.0 Å². The number of halogens is 4. The van der Waals surface area contributed by atoms with Gasteiger partial charge >= 0.3 is 6.18 Å². The number of amides is 2. The van der Waals surface area contributed by atoms with Crippen LogP contribution in [0.2, 0.25) is 0 Å². The van der Waals surface area contributed by atoms with Crippen LogP contribution in [0.15, 0.2) is 18.2 Å². The Morgan fingerprint density at radius 3 is 2.56 bits per heavy atom. The molecule has 1 spiro atoms. The molecule has 4 atom stereocenters. The zero-order valence-corrected chi connectivity index (χ0v) is 24.0. The molecule has 2 saturated heterocycles. The van der Waals surface area contributed by atoms with Crippen molar-refractivity contribution in [3.63, 3.8) is 0 Å². The topological polar surface area (TPSA) is 81.7 Å². The average Bonchev–Trinajstić information content (AvgIpc) is 3.28. The number of likely N-dealkylation sites (tertiary alicyclic amines) is 2. The Hall–Kier alpha value is -3.28. The highest BCUT2D eigenvalue weighted by molar-refractivity contribution is 5.91. The highest BCUT2D eigenvalue weighted by atomic mass is 19.4. The summed E-state index contributed by atoms with van der Waals surface area (Å²) in [5.74, 6) is -0.509. The van der Waals surface area contributed by atoms with Crippen LogP contribution in [0.25, 0.3) is 0 Å². The lowest BCUT2D eigenvalue weighted by Gasteiger charge is -2.47. The summed E-state index contributed by atoms with van der Waals surface area (Å²) in [5, 5.41) is 3.17. The Morgan fingerprint density at radius 2 is 1.95 bits per heavy atom. The van der Waals surface area contributed by atoms with Crippen LogP contribution in [0.5, 0.6) is 0 Å². The van der Waals surface area contributed by atoms with Crippen molar-refractivity contribution >= 4 is 17.6 Å². The predicted molar refractivity (Wildman–Crippen MR) is 144 cm³/mol. The van der Waals surface area contributed by atoms with Crippen LogP contribution in [-0.2, 0) is 27.7 Å². The predicted octanol–water partition coefficient (Wildman–Crippen LogP) is 4.43. The number of nitrogens with zero attached hydrogens (tertiary/aromatic N) is 5. The van der Waals surface area contributed by atoms with Gasteiger partial charge in [0.05, 0.1) is 23.8 Å². The molecule has 1 aromatic carbocycles. The van der Waals surface area contributed by atoms with Gasteiger partial charge in [-0.2, -0.15) is 13.2 Å². The Labute approximate surface area is 237 Å². The second-order valence-electron chi connectivity index (χ2n) is 11.8. The zero-order chi connectivity index (χ0) is 29.9. The van der Waals surface area contributed by atoms with Crippen LogP contribution in [0.4, 0.5) is 23.4 Å². The first-order valence-corrected chi connectivity index (χ1v) is 14.0. The number of likely N-dealkylation sites (N-methyl/N-ethyl adjacent to an activating group) is 1. The van der Waals surface area contributed by atoms with E-state index >= 15 is 4.39 Å². The lowest BCUT2D eigenvalue weighted by molar-refractivity contribution is -0.145. The maximum absolute atomic E-state index is 15.0. The number of carbonyl (C=O) groups excluding carboxylic acids is 2. The number of alkyl halides is 3. The molecule has 2 unspecified atom stereocenters. The van der Waals surface area contributed by atoms with E-state index in [1.807, 2.05) is 23.8 Å². The number of fused-ring (bicyclic) bond motifs is 2. The van der Waals surface area contributed by atoms with Gasteiger partial charge < -0.3 is 20.0 Å². The van der Waals surface area contributed by atoms with E-state index in [2.05, 4.69) is 15.2 Å². The molecule has 0 aliphatic carbocycles. The fraction of sp³-hybridized carbons (Fsp3) is 0.586. The number of aryl methyl sites for hydroxylation is 1. The molecule has 2 fully saturated rings. The number of aromatic nitrogens is 2. The third-order valence-corrected chi connectivity index (χ3v) is 8.88. The first kappa shape index (κ1) is 29.2. The van der Waals surface area contributed by atoms with Crippen LogP contribution < -0.4 is 5.32 Å². The van der Waals surface area contributed by atoms with Gasteiger partial charge in [-0.1, -0.05) is 12.1 Å². The minimum absolute atomic E-state index is 0.00356. The lowest BCUT2D eigenvalue weighted by Crippen LogP contribution is -2.59. The maximum atomic E-state index is 15.0. The summed E-state index contributed by atoms with van der Waals surface area (Å²) in [6.07, 6.45) is -2.98. The molecule has 2 amide bonds. The Balaban J connectivity index is 1.54. The van der Waals surface area contributed by atoms with Crippen LogP contribution in [0, 0.1) is 12.7 Å². The maximum Gasteiger partial charge on any atom is 0.419 e. The quantitative estimate of drug-likeness (QED) is 0.543. The second kappa shape index (κ2) is 10.5. The highest BCUT2D eigenvalue weighted by Crippen LogP contribution is 2.45. The third-order valence-electron chi connectivity index (χ3n) is 8.88. The van der Waals surface area contributed by atoms with Crippen molar-refractivity contribution in [2.75, 3.05) is 32.0 Å². The van der Waals surface area contributed by atoms with E-state index in [0.717, 1.165) is 6.07 Å². The van der Waals surface area contributed by atoms with Crippen molar-refractivity contribution in [2.24, 2.45) is 0 Å². The molecule has 1 N–H and O–H groups in total. The SMILES string of the molecule is CC(=O)N1CCC(N2Cc3c(N[C@H](C)c4cccc(C(F)(F)F)c4F)nc(C)nc3C3(CCN(C)C3)C2=O)C[C@H]1C. The number of piperidine rings is 1. The molecule has 3 aliphatic heterocycles. The van der Waals surface area contributed by atoms with Gasteiger partial charge in [0.15, 0.2) is 0 Å². The minimum Gasteiger partial charge on any atom is -0.363 e. The number of anilines is 1. The zero-order valence-electron chi connectivity index (χ0n) is 24.0. The number of nitrogens with one attached hydrogen (secondary N) is 1. The summed E-state index contributed by atoms with van der Waals surface area (Å²) in [6.45, 7) is 8.79. The molecule has 1 aromatic heterocycles. The number of benzene rings is 1. The van der Waals surface area contributed by atoms with Crippen molar-refractivity contribution in [3.05, 3.63) is 52.2 Å². The van der Waals surface area contributed by atoms with Gasteiger partial charge in [0, 0.05) is 43.2 Å². The molecule has 0 radical (unpaired) electrons. The monoisotopic (exact) mass is 576 g/mol. The van der Waals surface area contributed by atoms with E-state index in [0.29, 0.717) is 61.8 Å². The molecule has 3 aliphatic rings. The molecule has 8 nitrogen and oxygen atoms in total. The van der Waals surface area contributed by atoms with Crippen molar-refractivity contribution in [3.8, 4) is 0 Å². The molecule has 222 valence electrons. The van der Waals surface area contributed by atoms with Gasteiger partial charge in [-0.15, -0.1) is 0 Å². The average molecular weight is 577 g/mol. The summed E-state index contributed by atoms with van der Waals surface area (Å²) >= 11 is 0. The Morgan fingerprint density at radius 1 is 1.22 bits per heavy atom. The summed E-state index contributed by atoms with van der Waals surface area (Å²) < 4.78 is 55.2. The van der Waals surface area contributed by atoms with Gasteiger partial charge in [0.25, 0.3) is 0 Å². The van der Waals surface area contributed by atoms with Crippen LogP contribution >= 0.6 is 0 Å². The van der Waals surface area contributed by atoms with Crippen LogP contribution in [0.1, 0.15) is 74.3 Å². The van der Waals surface area contributed by atoms with E-state index in [9.17, 15) is 22.8 Å². The summed E-state index contributed by atoms with van der Waals surface area (Å²) in [4.78, 5) is 41.6. The van der Waals surface area contributed by atoms with Crippen molar-refractivity contribution < 1.29 is 27.2 Å². The number of hydrogen-bond donors (Lipinski definition) is 1. The molecule has 4 heterocycles. The molecule has 41 heavy (non-hydrogen) atoms. The van der Waals surface area contributed by atoms with Gasteiger partial charge in [-0.3, -0.25) is 9.59 Å². The smallest absolute Gasteiger partial charge is 0.363 e. The van der Waals surface area contributed by atoms with Gasteiger partial charge in [0.1, 0.15) is 22.9 Å². The third kappa shape index (κ3) is 5.15. The first-order valence-electron chi connectivity index (χ1n) is 14.0. The van der Waals surface area contributed by atoms with Gasteiger partial charge in [-0.05, 0) is 59.7 Å². The normalized spacial score (nSPS) is 25.9. The molecule has 12 heteroatoms. The van der Waals surface area contributed by atoms with E-state index in [1.54, 1.807) is 20.8 Å². The fourth-order valence-corrected chi connectivity index (χ4v) is 6.83. The summed E-state index contributed by atoms with van der Waals surface area (Å²) in [6, 6.07) is 2.27. The highest BCUT2D eigenvalue weighted by Gasteiger charge is 2.54. The molecular weight excluding hydrogens is 540 g/mol. The minimum atomic E-state index is -4.82. The molecular formula is C29H36F4N6O2. The summed E-state index contributed by atoms with van der Waals surface area (Å²) in [5.41, 5.74) is -1.01. The van der Waals surface area contributed by atoms with Crippen LogP contribution in [0.3, 0.4) is 0 Å². The van der Waals surface area contributed by atoms with Crippen molar-refractivity contribution in [2.45, 2.75) is 83.2 Å². The number of carbonyl (C=O) groups is 2. The van der Waals surface area contributed by atoms with Gasteiger partial charge in [0.2, 0.25) is 11.8 Å². The first-order chi connectivity index (χ1) is 19.2. The Bertz CT molecular complexity index is 1370. The van der Waals surface area contributed by atoms with Crippen LogP contribution in [-0.4, -0.2) is 75.2 Å². The molecule has 0 bridgehead atoms. The van der Waals surface area contributed by atoms with Gasteiger partial charge in [-0.25, -0.2) is 14.4 Å². The summed E-state index contributed by atoms with van der Waals surface area (Å²) in [7, 11) is 1.96.